The van der Waals surface area contributed by atoms with Gasteiger partial charge in [-0.25, -0.2) is 14.8 Å². The number of anilines is 3. The number of imidazole rings is 1. The number of amides is 2. The van der Waals surface area contributed by atoms with Crippen LogP contribution in [0.4, 0.5) is 22.0 Å². The lowest BCUT2D eigenvalue weighted by Crippen LogP contribution is -2.48. The number of pyridine rings is 1. The van der Waals surface area contributed by atoms with Gasteiger partial charge < -0.3 is 15.2 Å². The minimum absolute atomic E-state index is 0.0830. The van der Waals surface area contributed by atoms with Crippen LogP contribution >= 0.6 is 0 Å². The lowest BCUT2D eigenvalue weighted by Gasteiger charge is -2.36. The van der Waals surface area contributed by atoms with Crippen molar-refractivity contribution in [3.8, 4) is 22.5 Å². The number of benzene rings is 2. The third-order valence-electron chi connectivity index (χ3n) is 6.55. The van der Waals surface area contributed by atoms with Gasteiger partial charge in [0.25, 0.3) is 0 Å². The van der Waals surface area contributed by atoms with Gasteiger partial charge in [-0.2, -0.15) is 0 Å². The highest BCUT2D eigenvalue weighted by atomic mass is 16.2. The van der Waals surface area contributed by atoms with Crippen molar-refractivity contribution in [1.82, 2.24) is 15.0 Å². The summed E-state index contributed by atoms with van der Waals surface area (Å²) in [5.74, 6) is 0.702. The van der Waals surface area contributed by atoms with Gasteiger partial charge in [-0.05, 0) is 42.3 Å². The molecule has 174 valence electrons. The molecule has 35 heavy (non-hydrogen) atoms. The molecule has 2 aliphatic rings. The summed E-state index contributed by atoms with van der Waals surface area (Å²) >= 11 is 0. The molecule has 0 spiro atoms. The van der Waals surface area contributed by atoms with Gasteiger partial charge in [-0.3, -0.25) is 9.89 Å². The number of nitrogens with one attached hydrogen (secondary N) is 2. The lowest BCUT2D eigenvalue weighted by molar-refractivity contribution is 0.255. The normalized spacial score (nSPS) is 16.5. The van der Waals surface area contributed by atoms with E-state index in [4.69, 9.17) is 4.98 Å². The Morgan fingerprint density at radius 2 is 2.03 bits per heavy atom. The Balaban J connectivity index is 1.34. The van der Waals surface area contributed by atoms with Crippen molar-refractivity contribution in [2.75, 3.05) is 35.3 Å². The van der Waals surface area contributed by atoms with Crippen LogP contribution in [-0.4, -0.2) is 53.4 Å². The topological polar surface area (TPSA) is 89.5 Å². The standard InChI is InChI=1S/C27H25N7O/c1-28-14-18-4-2-5-19(12-18)23-8-9-25-26(32-23)34(22-10-11-33(25)16-22)27(35)31-21-7-3-6-20(13-21)24-15-29-17-30-24/h2-9,12-15,17,22H,10-11,16H2,1H3,(H,29,30)(H,31,35)/t22-/m0/s1. The van der Waals surface area contributed by atoms with Gasteiger partial charge >= 0.3 is 6.03 Å². The Morgan fingerprint density at radius 3 is 2.89 bits per heavy atom. The van der Waals surface area contributed by atoms with Crippen molar-refractivity contribution in [3.05, 3.63) is 78.8 Å². The summed E-state index contributed by atoms with van der Waals surface area (Å²) in [6.07, 6.45) is 6.15. The van der Waals surface area contributed by atoms with Crippen LogP contribution in [0, 0.1) is 0 Å². The van der Waals surface area contributed by atoms with Crippen molar-refractivity contribution in [3.63, 3.8) is 0 Å². The predicted octanol–water partition coefficient (Wildman–Crippen LogP) is 4.82. The van der Waals surface area contributed by atoms with Gasteiger partial charge in [0, 0.05) is 43.2 Å². The SMILES string of the molecule is CN=Cc1cccc(-c2ccc3c(n2)N(C(=O)Nc2cccc(-c4cnc[nH]4)c2)[C@H]2CCN3C2)c1. The second kappa shape index (κ2) is 8.72. The average Bonchev–Trinajstić information content (AvgIpc) is 3.56. The van der Waals surface area contributed by atoms with Crippen molar-refractivity contribution in [1.29, 1.82) is 0 Å². The van der Waals surface area contributed by atoms with E-state index in [1.54, 1.807) is 19.6 Å². The van der Waals surface area contributed by atoms with Crippen molar-refractivity contribution in [2.24, 2.45) is 4.99 Å². The maximum absolute atomic E-state index is 13.6. The third kappa shape index (κ3) is 3.93. The summed E-state index contributed by atoms with van der Waals surface area (Å²) in [7, 11) is 1.76. The molecule has 2 aliphatic heterocycles. The van der Waals surface area contributed by atoms with Crippen LogP contribution in [-0.2, 0) is 0 Å². The van der Waals surface area contributed by atoms with E-state index < -0.39 is 0 Å². The molecule has 6 rings (SSSR count). The zero-order chi connectivity index (χ0) is 23.8. The molecule has 1 saturated heterocycles. The number of urea groups is 1. The summed E-state index contributed by atoms with van der Waals surface area (Å²) in [4.78, 5) is 34.1. The molecule has 0 saturated carbocycles. The fraction of sp³-hybridized carbons (Fsp3) is 0.185. The Labute approximate surface area is 203 Å². The highest BCUT2D eigenvalue weighted by molar-refractivity contribution is 6.05. The summed E-state index contributed by atoms with van der Waals surface area (Å²) < 4.78 is 0. The first-order valence-electron chi connectivity index (χ1n) is 11.7. The molecule has 2 amide bonds. The maximum Gasteiger partial charge on any atom is 0.327 e. The average molecular weight is 464 g/mol. The Bertz CT molecular complexity index is 1410. The maximum atomic E-state index is 13.6. The number of aliphatic imine (C=N–C) groups is 1. The van der Waals surface area contributed by atoms with Gasteiger partial charge in [0.05, 0.1) is 35.6 Å². The van der Waals surface area contributed by atoms with Gasteiger partial charge in [0.15, 0.2) is 5.82 Å². The number of hydrogen-bond donors (Lipinski definition) is 2. The molecule has 1 atom stereocenters. The summed E-state index contributed by atoms with van der Waals surface area (Å²) in [6.45, 7) is 1.73. The van der Waals surface area contributed by atoms with Crippen molar-refractivity contribution < 1.29 is 4.79 Å². The van der Waals surface area contributed by atoms with E-state index in [-0.39, 0.29) is 12.1 Å². The number of aromatic amines is 1. The minimum Gasteiger partial charge on any atom is -0.366 e. The molecule has 2 aromatic carbocycles. The summed E-state index contributed by atoms with van der Waals surface area (Å²) in [6, 6.07) is 19.9. The highest BCUT2D eigenvalue weighted by Crippen LogP contribution is 2.40. The van der Waals surface area contributed by atoms with E-state index in [2.05, 4.69) is 37.3 Å². The molecule has 0 aliphatic carbocycles. The van der Waals surface area contributed by atoms with Gasteiger partial charge in [-0.15, -0.1) is 0 Å². The molecular formula is C27H25N7O. The second-order valence-corrected chi connectivity index (χ2v) is 8.79. The van der Waals surface area contributed by atoms with E-state index in [9.17, 15) is 4.79 Å². The van der Waals surface area contributed by atoms with Crippen LogP contribution in [0.25, 0.3) is 22.5 Å². The largest absolute Gasteiger partial charge is 0.366 e. The van der Waals surface area contributed by atoms with Gasteiger partial charge in [0.1, 0.15) is 0 Å². The first-order valence-corrected chi connectivity index (χ1v) is 11.7. The lowest BCUT2D eigenvalue weighted by atomic mass is 10.1. The zero-order valence-corrected chi connectivity index (χ0v) is 19.3. The highest BCUT2D eigenvalue weighted by Gasteiger charge is 2.40. The zero-order valence-electron chi connectivity index (χ0n) is 19.3. The molecule has 0 unspecified atom stereocenters. The fourth-order valence-corrected chi connectivity index (χ4v) is 4.92. The number of carbonyl (C=O) groups is 1. The molecule has 8 nitrogen and oxygen atoms in total. The Hall–Kier alpha value is -4.46. The molecule has 0 radical (unpaired) electrons. The molecule has 4 heterocycles. The third-order valence-corrected chi connectivity index (χ3v) is 6.55. The molecule has 2 N–H and O–H groups in total. The van der Waals surface area contributed by atoms with Crippen LogP contribution in [0.3, 0.4) is 0 Å². The van der Waals surface area contributed by atoms with Gasteiger partial charge in [-0.1, -0.05) is 30.3 Å². The molecule has 8 heteroatoms. The minimum atomic E-state index is -0.170. The van der Waals surface area contributed by atoms with Crippen molar-refractivity contribution >= 4 is 29.4 Å². The number of hydrogen-bond acceptors (Lipinski definition) is 5. The molecular weight excluding hydrogens is 438 g/mol. The number of rotatable bonds is 4. The fourth-order valence-electron chi connectivity index (χ4n) is 4.92. The number of H-pyrrole nitrogens is 1. The number of nitrogens with zero attached hydrogens (tertiary/aromatic N) is 5. The van der Waals surface area contributed by atoms with E-state index in [0.29, 0.717) is 5.82 Å². The summed E-state index contributed by atoms with van der Waals surface area (Å²) in [5, 5.41) is 3.10. The van der Waals surface area contributed by atoms with Crippen LogP contribution in [0.1, 0.15) is 12.0 Å². The molecule has 2 bridgehead atoms. The first-order chi connectivity index (χ1) is 17.2. The molecule has 1 fully saturated rings. The van der Waals surface area contributed by atoms with E-state index in [0.717, 1.165) is 59.0 Å². The number of carbonyl (C=O) groups excluding carboxylic acids is 1. The van der Waals surface area contributed by atoms with Crippen molar-refractivity contribution in [2.45, 2.75) is 12.5 Å². The van der Waals surface area contributed by atoms with Gasteiger partial charge in [0.2, 0.25) is 0 Å². The number of aromatic nitrogens is 3. The van der Waals surface area contributed by atoms with E-state index >= 15 is 0 Å². The molecule has 2 aromatic heterocycles. The van der Waals surface area contributed by atoms with Crippen LogP contribution < -0.4 is 15.1 Å². The smallest absolute Gasteiger partial charge is 0.327 e. The predicted molar refractivity (Wildman–Crippen MR) is 139 cm³/mol. The van der Waals surface area contributed by atoms with Crippen LogP contribution in [0.2, 0.25) is 0 Å². The Kier molecular flexibility index (Phi) is 5.25. The van der Waals surface area contributed by atoms with Crippen LogP contribution in [0.5, 0.6) is 0 Å². The van der Waals surface area contributed by atoms with E-state index in [1.807, 2.05) is 59.6 Å². The summed E-state index contributed by atoms with van der Waals surface area (Å²) in [5.41, 5.74) is 6.42. The Morgan fingerprint density at radius 1 is 1.14 bits per heavy atom. The van der Waals surface area contributed by atoms with E-state index in [1.165, 1.54) is 0 Å². The molecule has 4 aromatic rings. The first kappa shape index (κ1) is 21.1. The quantitative estimate of drug-likeness (QED) is 0.425. The number of fused-ring (bicyclic) bond motifs is 4. The van der Waals surface area contributed by atoms with Crippen LogP contribution in [0.15, 0.2) is 78.2 Å². The monoisotopic (exact) mass is 463 g/mol. The second-order valence-electron chi connectivity index (χ2n) is 8.79.